The Kier molecular flexibility index (Phi) is 7.10. The molecule has 2 amide bonds. The minimum atomic E-state index is -0.624. The van der Waals surface area contributed by atoms with E-state index in [1.54, 1.807) is 23.7 Å². The second-order valence-electron chi connectivity index (χ2n) is 7.93. The average molecular weight is 451 g/mol. The number of thioether (sulfide) groups is 1. The van der Waals surface area contributed by atoms with Crippen LogP contribution in [0.25, 0.3) is 11.1 Å². The fourth-order valence-corrected chi connectivity index (χ4v) is 4.78. The fourth-order valence-electron chi connectivity index (χ4n) is 3.80. The van der Waals surface area contributed by atoms with Crippen LogP contribution in [0.2, 0.25) is 0 Å². The quantitative estimate of drug-likeness (QED) is 0.726. The van der Waals surface area contributed by atoms with Crippen molar-refractivity contribution in [3.63, 3.8) is 0 Å². The third kappa shape index (κ3) is 5.13. The summed E-state index contributed by atoms with van der Waals surface area (Å²) in [5.74, 6) is 0.315. The van der Waals surface area contributed by atoms with Gasteiger partial charge in [-0.25, -0.2) is 0 Å². The zero-order chi connectivity index (χ0) is 22.5. The molecule has 2 aromatic rings. The predicted octanol–water partition coefficient (Wildman–Crippen LogP) is 2.35. The number of fused-ring (bicyclic) bond motifs is 1. The van der Waals surface area contributed by atoms with E-state index in [1.807, 2.05) is 30.3 Å². The van der Waals surface area contributed by atoms with Crippen LogP contribution in [-0.2, 0) is 20.7 Å². The molecular formula is C24H26N4O3S. The molecule has 2 aliphatic heterocycles. The normalized spacial score (nSPS) is 19.4. The highest BCUT2D eigenvalue weighted by Crippen LogP contribution is 2.37. The van der Waals surface area contributed by atoms with Crippen LogP contribution in [0.5, 0.6) is 0 Å². The number of nitrogens with zero attached hydrogens (tertiary/aromatic N) is 2. The SMILES string of the molecule is CN1C(=O)CSc2ccc(-c3ccc(CC(C#N)NC(=O)[C@@H]4CNCCCO4)cc3)cc21. The highest BCUT2D eigenvalue weighted by Gasteiger charge is 2.24. The van der Waals surface area contributed by atoms with Gasteiger partial charge in [-0.1, -0.05) is 30.3 Å². The van der Waals surface area contributed by atoms with Gasteiger partial charge in [0.2, 0.25) is 5.91 Å². The van der Waals surface area contributed by atoms with Crippen LogP contribution in [0, 0.1) is 11.3 Å². The van der Waals surface area contributed by atoms with E-state index in [4.69, 9.17) is 4.74 Å². The summed E-state index contributed by atoms with van der Waals surface area (Å²) in [6.45, 7) is 1.82. The number of rotatable bonds is 5. The maximum atomic E-state index is 12.5. The number of hydrogen-bond acceptors (Lipinski definition) is 6. The maximum Gasteiger partial charge on any atom is 0.251 e. The van der Waals surface area contributed by atoms with E-state index in [9.17, 15) is 14.9 Å². The van der Waals surface area contributed by atoms with Crippen LogP contribution >= 0.6 is 11.8 Å². The molecule has 1 unspecified atom stereocenters. The van der Waals surface area contributed by atoms with Crippen molar-refractivity contribution in [2.24, 2.45) is 0 Å². The summed E-state index contributed by atoms with van der Waals surface area (Å²) in [5, 5.41) is 15.5. The molecular weight excluding hydrogens is 424 g/mol. The minimum absolute atomic E-state index is 0.102. The van der Waals surface area contributed by atoms with Crippen LogP contribution in [0.3, 0.4) is 0 Å². The lowest BCUT2D eigenvalue weighted by molar-refractivity contribution is -0.132. The van der Waals surface area contributed by atoms with E-state index < -0.39 is 12.1 Å². The molecule has 0 radical (unpaired) electrons. The lowest BCUT2D eigenvalue weighted by atomic mass is 10.00. The van der Waals surface area contributed by atoms with Crippen LogP contribution in [0.1, 0.15) is 12.0 Å². The van der Waals surface area contributed by atoms with Gasteiger partial charge in [0.1, 0.15) is 12.1 Å². The molecule has 0 aromatic heterocycles. The highest BCUT2D eigenvalue weighted by atomic mass is 32.2. The number of ether oxygens (including phenoxy) is 1. The minimum Gasteiger partial charge on any atom is -0.367 e. The molecule has 0 spiro atoms. The number of hydrogen-bond donors (Lipinski definition) is 2. The number of nitrogens with one attached hydrogen (secondary N) is 2. The zero-order valence-electron chi connectivity index (χ0n) is 18.0. The summed E-state index contributed by atoms with van der Waals surface area (Å²) in [6.07, 6.45) is 0.719. The van der Waals surface area contributed by atoms with E-state index in [1.165, 1.54) is 0 Å². The number of nitriles is 1. The summed E-state index contributed by atoms with van der Waals surface area (Å²) in [6, 6.07) is 15.6. The third-order valence-electron chi connectivity index (χ3n) is 5.68. The Bertz CT molecular complexity index is 1030. The Morgan fingerprint density at radius 3 is 2.88 bits per heavy atom. The fraction of sp³-hybridized carbons (Fsp3) is 0.375. The lowest BCUT2D eigenvalue weighted by Gasteiger charge is -2.25. The number of benzene rings is 2. The van der Waals surface area contributed by atoms with Gasteiger partial charge in [-0.2, -0.15) is 5.26 Å². The average Bonchev–Trinajstić information content (AvgIpc) is 3.11. The van der Waals surface area contributed by atoms with Crippen molar-refractivity contribution in [1.29, 1.82) is 5.26 Å². The van der Waals surface area contributed by atoms with Crippen LogP contribution in [0.15, 0.2) is 47.4 Å². The number of amides is 2. The molecule has 1 saturated heterocycles. The number of carbonyl (C=O) groups is 2. The van der Waals surface area contributed by atoms with Gasteiger partial charge in [-0.3, -0.25) is 9.59 Å². The third-order valence-corrected chi connectivity index (χ3v) is 6.73. The summed E-state index contributed by atoms with van der Waals surface area (Å²) in [5.41, 5.74) is 3.95. The first kappa shape index (κ1) is 22.3. The Morgan fingerprint density at radius 2 is 2.09 bits per heavy atom. The molecule has 2 aliphatic rings. The molecule has 166 valence electrons. The molecule has 2 atom stereocenters. The highest BCUT2D eigenvalue weighted by molar-refractivity contribution is 8.00. The first-order chi connectivity index (χ1) is 15.5. The molecule has 2 N–H and O–H groups in total. The van der Waals surface area contributed by atoms with Crippen molar-refractivity contribution >= 4 is 29.3 Å². The number of carbonyl (C=O) groups excluding carboxylic acids is 2. The first-order valence-electron chi connectivity index (χ1n) is 10.7. The second kappa shape index (κ2) is 10.2. The summed E-state index contributed by atoms with van der Waals surface area (Å²) in [7, 11) is 1.81. The Labute approximate surface area is 192 Å². The van der Waals surface area contributed by atoms with Gasteiger partial charge in [0.25, 0.3) is 5.91 Å². The number of anilines is 1. The van der Waals surface area contributed by atoms with E-state index in [-0.39, 0.29) is 11.8 Å². The molecule has 0 bridgehead atoms. The molecule has 1 fully saturated rings. The van der Waals surface area contributed by atoms with E-state index in [0.29, 0.717) is 25.3 Å². The van der Waals surface area contributed by atoms with Gasteiger partial charge < -0.3 is 20.3 Å². The molecule has 4 rings (SSSR count). The first-order valence-corrected chi connectivity index (χ1v) is 11.7. The van der Waals surface area contributed by atoms with Crippen molar-refractivity contribution in [3.05, 3.63) is 48.0 Å². The topological polar surface area (TPSA) is 94.5 Å². The van der Waals surface area contributed by atoms with Crippen LogP contribution in [-0.4, -0.2) is 56.5 Å². The Balaban J connectivity index is 1.41. The molecule has 0 aliphatic carbocycles. The Hall–Kier alpha value is -2.86. The van der Waals surface area contributed by atoms with E-state index in [0.717, 1.165) is 40.2 Å². The monoisotopic (exact) mass is 450 g/mol. The molecule has 8 heteroatoms. The van der Waals surface area contributed by atoms with Crippen LogP contribution in [0.4, 0.5) is 5.69 Å². The summed E-state index contributed by atoms with van der Waals surface area (Å²) >= 11 is 1.56. The lowest BCUT2D eigenvalue weighted by Crippen LogP contribution is -2.46. The Morgan fingerprint density at radius 1 is 1.31 bits per heavy atom. The van der Waals surface area contributed by atoms with Gasteiger partial charge in [0, 0.05) is 31.5 Å². The second-order valence-corrected chi connectivity index (χ2v) is 8.95. The largest absolute Gasteiger partial charge is 0.367 e. The van der Waals surface area contributed by atoms with Crippen molar-refractivity contribution in [2.75, 3.05) is 37.4 Å². The van der Waals surface area contributed by atoms with Crippen molar-refractivity contribution in [3.8, 4) is 17.2 Å². The molecule has 2 heterocycles. The van der Waals surface area contributed by atoms with Gasteiger partial charge in [0.15, 0.2) is 0 Å². The molecule has 7 nitrogen and oxygen atoms in total. The molecule has 2 aromatic carbocycles. The van der Waals surface area contributed by atoms with E-state index in [2.05, 4.69) is 28.8 Å². The van der Waals surface area contributed by atoms with Gasteiger partial charge in [-0.05, 0) is 41.8 Å². The van der Waals surface area contributed by atoms with Crippen molar-refractivity contribution in [2.45, 2.75) is 29.9 Å². The van der Waals surface area contributed by atoms with Gasteiger partial charge in [-0.15, -0.1) is 11.8 Å². The van der Waals surface area contributed by atoms with E-state index >= 15 is 0 Å². The van der Waals surface area contributed by atoms with Crippen molar-refractivity contribution in [1.82, 2.24) is 10.6 Å². The maximum absolute atomic E-state index is 12.5. The standard InChI is InChI=1S/C24H26N4O3S/c1-28-20-12-18(7-8-22(20)32-15-23(28)29)17-5-3-16(4-6-17)11-19(13-25)27-24(30)21-14-26-9-2-10-31-21/h3-8,12,19,21,26H,2,9-11,14-15H2,1H3,(H,27,30)/t19?,21-/m0/s1. The van der Waals surface area contributed by atoms with Gasteiger partial charge >= 0.3 is 0 Å². The summed E-state index contributed by atoms with van der Waals surface area (Å²) in [4.78, 5) is 27.3. The molecule has 0 saturated carbocycles. The van der Waals surface area contributed by atoms with Crippen LogP contribution < -0.4 is 15.5 Å². The zero-order valence-corrected chi connectivity index (χ0v) is 18.8. The summed E-state index contributed by atoms with van der Waals surface area (Å²) < 4.78 is 5.57. The van der Waals surface area contributed by atoms with Crippen molar-refractivity contribution < 1.29 is 14.3 Å². The predicted molar refractivity (Wildman–Crippen MR) is 124 cm³/mol. The van der Waals surface area contributed by atoms with Gasteiger partial charge in [0.05, 0.1) is 17.5 Å². The molecule has 32 heavy (non-hydrogen) atoms. The smallest absolute Gasteiger partial charge is 0.251 e.